The molecule has 9 aromatic rings. The van der Waals surface area contributed by atoms with E-state index in [4.69, 9.17) is 66.4 Å². The van der Waals surface area contributed by atoms with Gasteiger partial charge in [0.15, 0.2) is 63.2 Å². The first-order valence-corrected chi connectivity index (χ1v) is 31.7. The molecule has 0 atom stereocenters. The monoisotopic (exact) mass is 1870 g/mol. The molecule has 0 spiro atoms. The molecule has 45 nitrogen and oxygen atoms in total. The summed E-state index contributed by atoms with van der Waals surface area (Å²) in [5.74, 6) is -9.42. The van der Waals surface area contributed by atoms with Crippen molar-refractivity contribution in [1.82, 2.24) is 0 Å². The van der Waals surface area contributed by atoms with Gasteiger partial charge in [0.2, 0.25) is 28.7 Å². The van der Waals surface area contributed by atoms with Crippen LogP contribution in [0.25, 0.3) is 0 Å². The van der Waals surface area contributed by atoms with E-state index in [1.165, 1.54) is 66.7 Å². The van der Waals surface area contributed by atoms with Crippen molar-refractivity contribution in [1.29, 1.82) is 0 Å². The maximum atomic E-state index is 10.5. The number of hydrogen-bond acceptors (Lipinski definition) is 36. The first kappa shape index (κ1) is 108. The maximum Gasteiger partial charge on any atom is 0.317 e. The number of nitro benzene ring substituents is 9. The van der Waals surface area contributed by atoms with Crippen LogP contribution in [0.1, 0.15) is 91.6 Å². The molecule has 0 aliphatic carbocycles. The normalized spacial score (nSPS) is 9.59. The summed E-state index contributed by atoms with van der Waals surface area (Å²) in [6.45, 7) is 20.5. The zero-order valence-corrected chi connectivity index (χ0v) is 70.4. The Balaban J connectivity index is -0.00000125. The van der Waals surface area contributed by atoms with Gasteiger partial charge in [0.25, 0.3) is 28.4 Å². The number of aromatic hydroxyl groups is 18. The van der Waals surface area contributed by atoms with Gasteiger partial charge in [-0.2, -0.15) is 44.0 Å². The number of phenols is 18. The fourth-order valence-electron chi connectivity index (χ4n) is 8.75. The number of benzene rings is 9. The van der Waals surface area contributed by atoms with E-state index in [9.17, 15) is 117 Å². The van der Waals surface area contributed by atoms with Crippen molar-refractivity contribution in [2.24, 2.45) is 0 Å². The standard InChI is InChI=1S/6C8H9NO4.3C7H6NO4.3Y/c1-2-5-3-7(10)8(11)4-6(5)9(12)13;1-2-5-3-6(9(12)13)4-7(10)8(5)11;1-2-5-3-6(9(12)13)8(11)7(10)4-5;1-2-5-6(9(12)13)3-4-7(10)8(5)11;1-2-5-3-4-6(10)8(11)7(5)9(12)13;1-2-5-3-4-6(9(12)13)8(11)7(5)10;1-4-2-5(8(11)12)7(10)6(9)3-4;1-4-2-3-5(9)7(10)6(4)8(11)12;1-4-2-3-5(8(11)12)7(10)6(4)9;;;/h6*3-4,10-11H,2H2,1H3;3*2-3,9-10H,1H2;;;/q;;;;;;3*-1;;;. The average molecular weight is 1870 g/mol. The van der Waals surface area contributed by atoms with E-state index in [0.29, 0.717) is 66.3 Å². The van der Waals surface area contributed by atoms with Crippen LogP contribution in [0.3, 0.4) is 0 Å². The van der Waals surface area contributed by atoms with E-state index < -0.39 is 165 Å². The summed E-state index contributed by atoms with van der Waals surface area (Å²) in [5.41, 5.74) is -0.612. The van der Waals surface area contributed by atoms with Gasteiger partial charge >= 0.3 is 17.1 Å². The number of rotatable bonds is 15. The van der Waals surface area contributed by atoms with Gasteiger partial charge in [-0.3, -0.25) is 91.0 Å². The molecule has 3 radical (unpaired) electrons. The maximum absolute atomic E-state index is 10.5. The second kappa shape index (κ2) is 50.2. The third-order valence-corrected chi connectivity index (χ3v) is 14.7. The third kappa shape index (κ3) is 31.0. The molecule has 0 unspecified atom stereocenters. The van der Waals surface area contributed by atoms with Crippen molar-refractivity contribution in [2.45, 2.75) is 80.1 Å². The van der Waals surface area contributed by atoms with E-state index in [1.807, 2.05) is 0 Å². The largest absolute Gasteiger partial charge is 0.561 e. The van der Waals surface area contributed by atoms with Crippen molar-refractivity contribution >= 4 is 51.2 Å². The molecule has 117 heavy (non-hydrogen) atoms. The predicted octanol–water partition coefficient (Wildman–Crippen LogP) is 13.0. The molecule has 0 fully saturated rings. The number of aryl methyl sites for hydroxylation is 5. The molecule has 0 aromatic heterocycles. The zero-order valence-electron chi connectivity index (χ0n) is 61.9. The van der Waals surface area contributed by atoms with Crippen LogP contribution in [-0.4, -0.2) is 136 Å². The second-order valence-corrected chi connectivity index (χ2v) is 22.0. The van der Waals surface area contributed by atoms with Crippen molar-refractivity contribution in [3.8, 4) is 103 Å². The second-order valence-electron chi connectivity index (χ2n) is 22.0. The molecule has 48 heteroatoms. The molecule has 9 rings (SSSR count). The van der Waals surface area contributed by atoms with Crippen LogP contribution in [0.5, 0.6) is 103 Å². The molecule has 0 aliphatic heterocycles. The number of nitrogens with zero attached hydrogens (tertiary/aromatic N) is 9. The van der Waals surface area contributed by atoms with E-state index in [1.54, 1.807) is 41.5 Å². The fourth-order valence-corrected chi connectivity index (χ4v) is 8.75. The summed E-state index contributed by atoms with van der Waals surface area (Å²) in [7, 11) is 0. The molecule has 18 N–H and O–H groups in total. The molecule has 0 saturated heterocycles. The van der Waals surface area contributed by atoms with Gasteiger partial charge in [0.05, 0.1) is 62.8 Å². The minimum Gasteiger partial charge on any atom is -0.561 e. The summed E-state index contributed by atoms with van der Waals surface area (Å²) < 4.78 is 0. The molecule has 0 aliphatic rings. The topological polar surface area (TPSA) is 752 Å². The predicted molar refractivity (Wildman–Crippen MR) is 397 cm³/mol. The van der Waals surface area contributed by atoms with Crippen molar-refractivity contribution in [3.05, 3.63) is 271 Å². The van der Waals surface area contributed by atoms with E-state index in [-0.39, 0.29) is 155 Å². The average Bonchev–Trinajstić information content (AvgIpc) is 0.825. The summed E-state index contributed by atoms with van der Waals surface area (Å²) in [5, 5.41) is 257. The van der Waals surface area contributed by atoms with Gasteiger partial charge in [-0.05, 0) is 92.1 Å². The molecular weight excluding hydrogens is 1800 g/mol. The Morgan fingerprint density at radius 3 is 1.05 bits per heavy atom. The number of non-ortho nitro benzene ring substituents is 1. The minimum atomic E-state index is -0.794. The Bertz CT molecular complexity index is 5060. The van der Waals surface area contributed by atoms with Gasteiger partial charge in [-0.25, -0.2) is 0 Å². The van der Waals surface area contributed by atoms with Gasteiger partial charge in [-0.1, -0.05) is 53.7 Å². The van der Waals surface area contributed by atoms with Gasteiger partial charge in [-0.15, -0.1) is 11.6 Å². The first-order valence-electron chi connectivity index (χ1n) is 31.7. The zero-order chi connectivity index (χ0) is 88.0. The van der Waals surface area contributed by atoms with E-state index in [0.717, 1.165) is 42.5 Å². The molecule has 0 heterocycles. The minimum absolute atomic E-state index is 0. The summed E-state index contributed by atoms with van der Waals surface area (Å²) in [4.78, 5) is 86.8. The SMILES string of the molecule is CCc1c([N+](=O)[O-])ccc(O)c1O.CCc1cc(O)c(O)c([N+](=O)[O-])c1.CCc1cc(O)c(O)cc1[N+](=O)[O-].CCc1cc([N+](=O)[O-])cc(O)c1O.CCc1ccc(O)c(O)c1[N+](=O)[O-].CCc1ccc([N+](=O)[O-])c(O)c1O.[CH2-]c1cc(O)c(O)c([N+](=O)[O-])c1.[CH2-]c1ccc(O)c(O)c1[N+](=O)[O-].[CH2-]c1ccc([N+](=O)[O-])c(O)c1O.[Y].[Y].[Y]. The molecular formula is C69H72N9O36Y3-3. The van der Waals surface area contributed by atoms with Crippen molar-refractivity contribution in [3.63, 3.8) is 0 Å². The summed E-state index contributed by atoms with van der Waals surface area (Å²) >= 11 is 0. The van der Waals surface area contributed by atoms with E-state index >= 15 is 0 Å². The molecule has 0 bridgehead atoms. The number of hydrogen-bond donors (Lipinski definition) is 18. The smallest absolute Gasteiger partial charge is 0.317 e. The Morgan fingerprint density at radius 2 is 0.624 bits per heavy atom. The van der Waals surface area contributed by atoms with Crippen LogP contribution in [0.4, 0.5) is 51.2 Å². The Labute approximate surface area is 734 Å². The number of nitro groups is 9. The first-order chi connectivity index (χ1) is 53.0. The molecule has 621 valence electrons. The Kier molecular flexibility index (Phi) is 46.4. The van der Waals surface area contributed by atoms with Gasteiger partial charge in [0.1, 0.15) is 11.5 Å². The van der Waals surface area contributed by atoms with E-state index in [2.05, 4.69) is 20.8 Å². The molecule has 0 amide bonds. The van der Waals surface area contributed by atoms with Crippen LogP contribution in [0.15, 0.2) is 109 Å². The van der Waals surface area contributed by atoms with Crippen LogP contribution in [0, 0.1) is 112 Å². The Hall–Kier alpha value is -13.1. The molecule has 0 saturated carbocycles. The van der Waals surface area contributed by atoms with Gasteiger partial charge < -0.3 is 91.9 Å². The van der Waals surface area contributed by atoms with Gasteiger partial charge in [0, 0.05) is 144 Å². The number of phenolic OH excluding ortho intramolecular Hbond substituents is 18. The Morgan fingerprint density at radius 1 is 0.248 bits per heavy atom. The summed E-state index contributed by atoms with van der Waals surface area (Å²) in [6, 6.07) is 21.4. The van der Waals surface area contributed by atoms with Crippen molar-refractivity contribution in [2.75, 3.05) is 0 Å². The van der Waals surface area contributed by atoms with Crippen LogP contribution < -0.4 is 0 Å². The quantitative estimate of drug-likeness (QED) is 0.0196. The summed E-state index contributed by atoms with van der Waals surface area (Å²) in [6.07, 6.45) is 2.68. The fraction of sp³-hybridized carbons (Fsp3) is 0.174. The van der Waals surface area contributed by atoms with Crippen LogP contribution >= 0.6 is 0 Å². The van der Waals surface area contributed by atoms with Crippen LogP contribution in [0.2, 0.25) is 0 Å². The van der Waals surface area contributed by atoms with Crippen molar-refractivity contribution < 1.29 is 234 Å². The third-order valence-electron chi connectivity index (χ3n) is 14.7. The molecule has 9 aromatic carbocycles. The van der Waals surface area contributed by atoms with Crippen LogP contribution in [-0.2, 0) is 137 Å².